The Bertz CT molecular complexity index is 295. The van der Waals surface area contributed by atoms with Gasteiger partial charge in [-0.05, 0) is 22.0 Å². The van der Waals surface area contributed by atoms with E-state index < -0.39 is 0 Å². The summed E-state index contributed by atoms with van der Waals surface area (Å²) in [7, 11) is 0. The Morgan fingerprint density at radius 1 is 1.42 bits per heavy atom. The lowest BCUT2D eigenvalue weighted by Gasteiger charge is -1.97. The Balaban J connectivity index is 3.00. The Kier molecular flexibility index (Phi) is 3.95. The van der Waals surface area contributed by atoms with Crippen LogP contribution in [0.2, 0.25) is 0 Å². The molecule has 0 atom stereocenters. The van der Waals surface area contributed by atoms with E-state index in [2.05, 4.69) is 31.9 Å². The maximum atomic E-state index is 13.2. The number of alkyl halides is 1. The Hall–Kier alpha value is -0.150. The average molecular weight is 294 g/mol. The highest BCUT2D eigenvalue weighted by Crippen LogP contribution is 2.19. The Morgan fingerprint density at radius 3 is 2.83 bits per heavy atom. The van der Waals surface area contributed by atoms with Crippen molar-refractivity contribution in [1.82, 2.24) is 0 Å². The van der Waals surface area contributed by atoms with Crippen LogP contribution in [0, 0.1) is 5.82 Å². The van der Waals surface area contributed by atoms with Gasteiger partial charge >= 0.3 is 0 Å². The molecule has 1 aromatic rings. The van der Waals surface area contributed by atoms with E-state index in [1.807, 2.05) is 6.08 Å². The largest absolute Gasteiger partial charge is 0.205 e. The fourth-order valence-corrected chi connectivity index (χ4v) is 1.39. The second-order valence-corrected chi connectivity index (χ2v) is 3.70. The lowest BCUT2D eigenvalue weighted by molar-refractivity contribution is 0.618. The monoisotopic (exact) mass is 292 g/mol. The van der Waals surface area contributed by atoms with Crippen molar-refractivity contribution in [3.63, 3.8) is 0 Å². The highest BCUT2D eigenvalue weighted by molar-refractivity contribution is 9.10. The molecule has 0 saturated heterocycles. The molecule has 0 saturated carbocycles. The molecule has 0 aliphatic rings. The summed E-state index contributed by atoms with van der Waals surface area (Å²) < 4.78 is 13.7. The number of benzene rings is 1. The molecule has 0 unspecified atom stereocenters. The molecule has 0 bridgehead atoms. The molecule has 1 aromatic carbocycles. The summed E-state index contributed by atoms with van der Waals surface area (Å²) >= 11 is 6.35. The normalized spacial score (nSPS) is 10.9. The van der Waals surface area contributed by atoms with Crippen LogP contribution in [0.25, 0.3) is 6.08 Å². The fourth-order valence-electron chi connectivity index (χ4n) is 0.821. The average Bonchev–Trinajstić information content (AvgIpc) is 2.08. The quantitative estimate of drug-likeness (QED) is 0.723. The summed E-state index contributed by atoms with van der Waals surface area (Å²) in [5.74, 6) is -0.213. The van der Waals surface area contributed by atoms with Gasteiger partial charge in [0.15, 0.2) is 0 Å². The van der Waals surface area contributed by atoms with Crippen LogP contribution in [0.5, 0.6) is 0 Å². The first-order valence-electron chi connectivity index (χ1n) is 3.42. The lowest BCUT2D eigenvalue weighted by atomic mass is 10.2. The number of halogens is 3. The van der Waals surface area contributed by atoms with Crippen LogP contribution in [0.15, 0.2) is 28.7 Å². The highest BCUT2D eigenvalue weighted by Gasteiger charge is 2.01. The fraction of sp³-hybridized carbons (Fsp3) is 0.111. The van der Waals surface area contributed by atoms with Crippen molar-refractivity contribution in [2.45, 2.75) is 0 Å². The van der Waals surface area contributed by atoms with E-state index >= 15 is 0 Å². The molecule has 0 aliphatic heterocycles. The predicted octanol–water partition coefficient (Wildman–Crippen LogP) is 4.00. The lowest BCUT2D eigenvalue weighted by Crippen LogP contribution is -1.82. The smallest absolute Gasteiger partial charge is 0.144 e. The van der Waals surface area contributed by atoms with Crippen LogP contribution in [-0.2, 0) is 0 Å². The maximum Gasteiger partial charge on any atom is 0.144 e. The van der Waals surface area contributed by atoms with Crippen molar-refractivity contribution in [3.05, 3.63) is 40.1 Å². The molecule has 0 N–H and O–H groups in total. The van der Waals surface area contributed by atoms with Crippen molar-refractivity contribution in [2.75, 3.05) is 5.33 Å². The number of hydrogen-bond donors (Lipinski definition) is 0. The molecule has 0 amide bonds. The van der Waals surface area contributed by atoms with E-state index in [-0.39, 0.29) is 5.82 Å². The molecular weight excluding hydrogens is 287 g/mol. The second kappa shape index (κ2) is 4.77. The van der Waals surface area contributed by atoms with Crippen LogP contribution in [-0.4, -0.2) is 5.33 Å². The second-order valence-electron chi connectivity index (χ2n) is 2.20. The predicted molar refractivity (Wildman–Crippen MR) is 56.9 cm³/mol. The van der Waals surface area contributed by atoms with E-state index in [1.165, 1.54) is 0 Å². The molecule has 0 spiro atoms. The minimum Gasteiger partial charge on any atom is -0.205 e. The van der Waals surface area contributed by atoms with Gasteiger partial charge in [0.1, 0.15) is 5.82 Å². The van der Waals surface area contributed by atoms with E-state index in [0.717, 1.165) is 5.33 Å². The third kappa shape index (κ3) is 2.42. The molecule has 12 heavy (non-hydrogen) atoms. The third-order valence-electron chi connectivity index (χ3n) is 1.37. The summed E-state index contributed by atoms with van der Waals surface area (Å²) in [5, 5.41) is 0.735. The van der Waals surface area contributed by atoms with Gasteiger partial charge in [-0.25, -0.2) is 4.39 Å². The first kappa shape index (κ1) is 9.93. The van der Waals surface area contributed by atoms with E-state index in [0.29, 0.717) is 10.0 Å². The molecule has 0 heterocycles. The summed E-state index contributed by atoms with van der Waals surface area (Å²) in [6, 6.07) is 5.22. The van der Waals surface area contributed by atoms with Crippen LogP contribution in [0.1, 0.15) is 5.56 Å². The van der Waals surface area contributed by atoms with Gasteiger partial charge in [-0.3, -0.25) is 0 Å². The summed E-state index contributed by atoms with van der Waals surface area (Å²) in [5.41, 5.74) is 0.601. The zero-order chi connectivity index (χ0) is 8.97. The molecule has 64 valence electrons. The van der Waals surface area contributed by atoms with Gasteiger partial charge < -0.3 is 0 Å². The van der Waals surface area contributed by atoms with E-state index in [9.17, 15) is 4.39 Å². The van der Waals surface area contributed by atoms with Crippen LogP contribution < -0.4 is 0 Å². The van der Waals surface area contributed by atoms with Gasteiger partial charge in [0.2, 0.25) is 0 Å². The molecular formula is C9H7Br2F. The van der Waals surface area contributed by atoms with E-state index in [1.54, 1.807) is 24.3 Å². The van der Waals surface area contributed by atoms with Gasteiger partial charge in [-0.1, -0.05) is 40.2 Å². The zero-order valence-electron chi connectivity index (χ0n) is 6.23. The van der Waals surface area contributed by atoms with Crippen molar-refractivity contribution >= 4 is 37.9 Å². The molecule has 0 aliphatic carbocycles. The first-order chi connectivity index (χ1) is 5.75. The van der Waals surface area contributed by atoms with Gasteiger partial charge in [0, 0.05) is 10.9 Å². The SMILES string of the molecule is Fc1c(Br)cccc1/C=C/CBr. The minimum absolute atomic E-state index is 0.213. The number of hydrogen-bond acceptors (Lipinski definition) is 0. The van der Waals surface area contributed by atoms with E-state index in [4.69, 9.17) is 0 Å². The van der Waals surface area contributed by atoms with Crippen molar-refractivity contribution in [1.29, 1.82) is 0 Å². The van der Waals surface area contributed by atoms with Crippen LogP contribution >= 0.6 is 31.9 Å². The summed E-state index contributed by atoms with van der Waals surface area (Å²) in [4.78, 5) is 0. The summed E-state index contributed by atoms with van der Waals surface area (Å²) in [6.07, 6.45) is 3.60. The zero-order valence-corrected chi connectivity index (χ0v) is 9.40. The maximum absolute atomic E-state index is 13.2. The topological polar surface area (TPSA) is 0 Å². The Labute approximate surface area is 87.7 Å². The van der Waals surface area contributed by atoms with Gasteiger partial charge in [0.25, 0.3) is 0 Å². The number of rotatable bonds is 2. The molecule has 1 rings (SSSR count). The minimum atomic E-state index is -0.213. The molecule has 0 nitrogen and oxygen atoms in total. The van der Waals surface area contributed by atoms with Gasteiger partial charge in [-0.2, -0.15) is 0 Å². The van der Waals surface area contributed by atoms with Crippen molar-refractivity contribution < 1.29 is 4.39 Å². The van der Waals surface area contributed by atoms with Crippen LogP contribution in [0.4, 0.5) is 4.39 Å². The third-order valence-corrected chi connectivity index (χ3v) is 2.35. The number of allylic oxidation sites excluding steroid dienone is 1. The first-order valence-corrected chi connectivity index (χ1v) is 5.33. The van der Waals surface area contributed by atoms with Crippen molar-refractivity contribution in [3.8, 4) is 0 Å². The van der Waals surface area contributed by atoms with Crippen LogP contribution in [0.3, 0.4) is 0 Å². The van der Waals surface area contributed by atoms with Gasteiger partial charge in [0.05, 0.1) is 4.47 Å². The highest BCUT2D eigenvalue weighted by atomic mass is 79.9. The van der Waals surface area contributed by atoms with Crippen molar-refractivity contribution in [2.24, 2.45) is 0 Å². The summed E-state index contributed by atoms with van der Waals surface area (Å²) in [6.45, 7) is 0. The molecule has 0 aromatic heterocycles. The molecule has 0 fully saturated rings. The molecule has 0 radical (unpaired) electrons. The van der Waals surface area contributed by atoms with Gasteiger partial charge in [-0.15, -0.1) is 0 Å². The standard InChI is InChI=1S/C9H7Br2F/c10-6-2-4-7-3-1-5-8(11)9(7)12/h1-5H,6H2/b4-2+. The molecule has 3 heteroatoms. The Morgan fingerprint density at radius 2 is 2.17 bits per heavy atom.